The van der Waals surface area contributed by atoms with Crippen molar-refractivity contribution in [2.75, 3.05) is 23.7 Å². The second-order valence-electron chi connectivity index (χ2n) is 6.75. The van der Waals surface area contributed by atoms with Crippen molar-refractivity contribution in [1.29, 1.82) is 0 Å². The van der Waals surface area contributed by atoms with Gasteiger partial charge in [0.2, 0.25) is 15.9 Å². The normalized spacial score (nSPS) is 16.0. The molecular formula is C18H28N2O3S. The molecule has 1 fully saturated rings. The van der Waals surface area contributed by atoms with Crippen molar-refractivity contribution in [1.82, 2.24) is 5.32 Å². The number of rotatable bonds is 6. The van der Waals surface area contributed by atoms with Gasteiger partial charge >= 0.3 is 0 Å². The predicted octanol–water partition coefficient (Wildman–Crippen LogP) is 2.77. The summed E-state index contributed by atoms with van der Waals surface area (Å²) < 4.78 is 25.7. The number of nitrogens with one attached hydrogen (secondary N) is 1. The van der Waals surface area contributed by atoms with Crippen LogP contribution in [0, 0.1) is 19.8 Å². The Morgan fingerprint density at radius 3 is 2.46 bits per heavy atom. The van der Waals surface area contributed by atoms with Crippen LogP contribution >= 0.6 is 0 Å². The van der Waals surface area contributed by atoms with Gasteiger partial charge in [-0.3, -0.25) is 9.10 Å². The number of sulfonamides is 1. The molecule has 1 aliphatic rings. The van der Waals surface area contributed by atoms with Gasteiger partial charge in [-0.15, -0.1) is 0 Å². The topological polar surface area (TPSA) is 66.5 Å². The molecule has 0 aromatic heterocycles. The summed E-state index contributed by atoms with van der Waals surface area (Å²) in [5.74, 6) is 0.148. The molecule has 0 spiro atoms. The summed E-state index contributed by atoms with van der Waals surface area (Å²) in [6, 6.07) is 5.70. The van der Waals surface area contributed by atoms with Crippen molar-refractivity contribution in [3.05, 3.63) is 29.3 Å². The second-order valence-corrected chi connectivity index (χ2v) is 8.66. The molecule has 0 unspecified atom stereocenters. The SMILES string of the molecule is Cc1ccc(N(CCNC(=O)C2CCCCC2)S(C)(=O)=O)c(C)c1. The zero-order valence-electron chi connectivity index (χ0n) is 14.8. The number of anilines is 1. The molecule has 134 valence electrons. The van der Waals surface area contributed by atoms with E-state index in [1.165, 1.54) is 17.0 Å². The fourth-order valence-corrected chi connectivity index (χ4v) is 4.32. The van der Waals surface area contributed by atoms with E-state index >= 15 is 0 Å². The minimum Gasteiger partial charge on any atom is -0.354 e. The lowest BCUT2D eigenvalue weighted by molar-refractivity contribution is -0.125. The van der Waals surface area contributed by atoms with E-state index in [1.54, 1.807) is 0 Å². The highest BCUT2D eigenvalue weighted by Gasteiger charge is 2.22. The number of hydrogen-bond acceptors (Lipinski definition) is 3. The maximum Gasteiger partial charge on any atom is 0.232 e. The Labute approximate surface area is 145 Å². The van der Waals surface area contributed by atoms with Gasteiger partial charge in [-0.25, -0.2) is 8.42 Å². The molecule has 1 aromatic carbocycles. The van der Waals surface area contributed by atoms with Crippen molar-refractivity contribution in [2.45, 2.75) is 46.0 Å². The van der Waals surface area contributed by atoms with E-state index in [4.69, 9.17) is 0 Å². The highest BCUT2D eigenvalue weighted by atomic mass is 32.2. The van der Waals surface area contributed by atoms with Gasteiger partial charge in [0.25, 0.3) is 0 Å². The lowest BCUT2D eigenvalue weighted by Crippen LogP contribution is -2.40. The fraction of sp³-hybridized carbons (Fsp3) is 0.611. The van der Waals surface area contributed by atoms with Crippen molar-refractivity contribution < 1.29 is 13.2 Å². The summed E-state index contributed by atoms with van der Waals surface area (Å²) in [5, 5.41) is 2.91. The van der Waals surface area contributed by atoms with Crippen molar-refractivity contribution in [3.8, 4) is 0 Å². The first-order valence-corrected chi connectivity index (χ1v) is 10.5. The van der Waals surface area contributed by atoms with Crippen LogP contribution in [0.5, 0.6) is 0 Å². The summed E-state index contributed by atoms with van der Waals surface area (Å²) in [5.41, 5.74) is 2.68. The molecule has 0 bridgehead atoms. The first-order valence-electron chi connectivity index (χ1n) is 8.61. The van der Waals surface area contributed by atoms with Gasteiger partial charge in [0.05, 0.1) is 18.5 Å². The standard InChI is InChI=1S/C18H28N2O3S/c1-14-9-10-17(15(2)13-14)20(24(3,22)23)12-11-19-18(21)16-7-5-4-6-8-16/h9-10,13,16H,4-8,11-12H2,1-3H3,(H,19,21). The molecule has 0 saturated heterocycles. The van der Waals surface area contributed by atoms with Crippen LogP contribution in [0.15, 0.2) is 18.2 Å². The van der Waals surface area contributed by atoms with E-state index in [9.17, 15) is 13.2 Å². The Balaban J connectivity index is 2.01. The highest BCUT2D eigenvalue weighted by molar-refractivity contribution is 7.92. The summed E-state index contributed by atoms with van der Waals surface area (Å²) in [7, 11) is -3.39. The fourth-order valence-electron chi connectivity index (χ4n) is 3.34. The molecule has 1 amide bonds. The molecule has 5 nitrogen and oxygen atoms in total. The van der Waals surface area contributed by atoms with Crippen LogP contribution in [0.2, 0.25) is 0 Å². The molecule has 0 heterocycles. The number of benzene rings is 1. The molecule has 0 aliphatic heterocycles. The number of carbonyl (C=O) groups is 1. The molecule has 1 N–H and O–H groups in total. The lowest BCUT2D eigenvalue weighted by Gasteiger charge is -2.25. The van der Waals surface area contributed by atoms with Crippen molar-refractivity contribution in [3.63, 3.8) is 0 Å². The Hall–Kier alpha value is -1.56. The van der Waals surface area contributed by atoms with Gasteiger partial charge in [0, 0.05) is 12.5 Å². The predicted molar refractivity (Wildman–Crippen MR) is 97.7 cm³/mol. The van der Waals surface area contributed by atoms with E-state index in [1.807, 2.05) is 32.0 Å². The molecule has 6 heteroatoms. The first kappa shape index (κ1) is 18.8. The molecular weight excluding hydrogens is 324 g/mol. The Bertz CT molecular complexity index is 680. The van der Waals surface area contributed by atoms with Gasteiger partial charge < -0.3 is 5.32 Å². The van der Waals surface area contributed by atoms with E-state index in [0.29, 0.717) is 12.2 Å². The van der Waals surface area contributed by atoms with Crippen LogP contribution in [-0.4, -0.2) is 33.7 Å². The monoisotopic (exact) mass is 352 g/mol. The average molecular weight is 353 g/mol. The number of hydrogen-bond donors (Lipinski definition) is 1. The lowest BCUT2D eigenvalue weighted by atomic mass is 9.89. The van der Waals surface area contributed by atoms with Gasteiger partial charge in [0.15, 0.2) is 0 Å². The summed E-state index contributed by atoms with van der Waals surface area (Å²) in [6.45, 7) is 4.46. The maximum atomic E-state index is 12.2. The van der Waals surface area contributed by atoms with E-state index in [2.05, 4.69) is 5.32 Å². The van der Waals surface area contributed by atoms with E-state index in [-0.39, 0.29) is 18.4 Å². The van der Waals surface area contributed by atoms with Crippen LogP contribution in [0.4, 0.5) is 5.69 Å². The number of aryl methyl sites for hydroxylation is 2. The van der Waals surface area contributed by atoms with E-state index in [0.717, 1.165) is 36.8 Å². The summed E-state index contributed by atoms with van der Waals surface area (Å²) >= 11 is 0. The van der Waals surface area contributed by atoms with E-state index < -0.39 is 10.0 Å². The third-order valence-corrected chi connectivity index (χ3v) is 5.79. The molecule has 24 heavy (non-hydrogen) atoms. The Kier molecular flexibility index (Phi) is 6.27. The Morgan fingerprint density at radius 1 is 1.21 bits per heavy atom. The summed E-state index contributed by atoms with van der Waals surface area (Å²) in [6.07, 6.45) is 6.51. The molecule has 0 radical (unpaired) electrons. The van der Waals surface area contributed by atoms with Gasteiger partial charge in [-0.1, -0.05) is 37.0 Å². The molecule has 1 aromatic rings. The van der Waals surface area contributed by atoms with Crippen molar-refractivity contribution >= 4 is 21.6 Å². The van der Waals surface area contributed by atoms with Gasteiger partial charge in [-0.05, 0) is 38.3 Å². The summed E-state index contributed by atoms with van der Waals surface area (Å²) in [4.78, 5) is 12.2. The van der Waals surface area contributed by atoms with Gasteiger partial charge in [0.1, 0.15) is 0 Å². The molecule has 1 aliphatic carbocycles. The first-order chi connectivity index (χ1) is 11.3. The van der Waals surface area contributed by atoms with Crippen LogP contribution in [0.1, 0.15) is 43.2 Å². The number of nitrogens with zero attached hydrogens (tertiary/aromatic N) is 1. The minimum absolute atomic E-state index is 0.0591. The van der Waals surface area contributed by atoms with Crippen molar-refractivity contribution in [2.24, 2.45) is 5.92 Å². The highest BCUT2D eigenvalue weighted by Crippen LogP contribution is 2.24. The largest absolute Gasteiger partial charge is 0.354 e. The molecule has 2 rings (SSSR count). The van der Waals surface area contributed by atoms with Crippen LogP contribution in [0.25, 0.3) is 0 Å². The van der Waals surface area contributed by atoms with Gasteiger partial charge in [-0.2, -0.15) is 0 Å². The number of amides is 1. The molecule has 1 saturated carbocycles. The number of carbonyl (C=O) groups excluding carboxylic acids is 1. The minimum atomic E-state index is -3.39. The zero-order valence-corrected chi connectivity index (χ0v) is 15.7. The zero-order chi connectivity index (χ0) is 17.7. The third-order valence-electron chi connectivity index (χ3n) is 4.61. The third kappa shape index (κ3) is 4.97. The second kappa shape index (κ2) is 8.01. The maximum absolute atomic E-state index is 12.2. The van der Waals surface area contributed by atoms with Crippen LogP contribution in [-0.2, 0) is 14.8 Å². The van der Waals surface area contributed by atoms with Crippen LogP contribution < -0.4 is 9.62 Å². The smallest absolute Gasteiger partial charge is 0.232 e. The Morgan fingerprint density at radius 2 is 1.88 bits per heavy atom. The quantitative estimate of drug-likeness (QED) is 0.856. The van der Waals surface area contributed by atoms with Crippen LogP contribution in [0.3, 0.4) is 0 Å². The molecule has 0 atom stereocenters. The average Bonchev–Trinajstić information content (AvgIpc) is 2.52.